The molecule has 2 heteroatoms. The third-order valence-electron chi connectivity index (χ3n) is 13.5. The lowest BCUT2D eigenvalue weighted by molar-refractivity contribution is 0.648. The zero-order valence-electron chi connectivity index (χ0n) is 31.5. The second-order valence-electron chi connectivity index (χ2n) is 16.2. The van der Waals surface area contributed by atoms with Crippen LogP contribution in [0.15, 0.2) is 194 Å². The van der Waals surface area contributed by atoms with E-state index in [1.165, 1.54) is 99.4 Å². The van der Waals surface area contributed by atoms with Gasteiger partial charge in [0, 0.05) is 38.3 Å². The summed E-state index contributed by atoms with van der Waals surface area (Å²) in [5.74, 6) is 0. The largest absolute Gasteiger partial charge is 0.333 e. The maximum Gasteiger partial charge on any atom is 0.0689 e. The molecule has 0 amide bonds. The van der Waals surface area contributed by atoms with Crippen molar-refractivity contribution in [2.24, 2.45) is 0 Å². The van der Waals surface area contributed by atoms with Crippen LogP contribution < -0.4 is 0 Å². The first-order chi connectivity index (χ1) is 28.3. The molecule has 2 atom stereocenters. The molecule has 2 aromatic heterocycles. The summed E-state index contributed by atoms with van der Waals surface area (Å²) < 4.78 is 5.03. The van der Waals surface area contributed by atoms with Crippen LogP contribution >= 0.6 is 0 Å². The van der Waals surface area contributed by atoms with Gasteiger partial charge in [0.2, 0.25) is 0 Å². The Labute approximate surface area is 331 Å². The number of benzene rings is 7. The zero-order chi connectivity index (χ0) is 37.2. The van der Waals surface area contributed by atoms with Crippen LogP contribution in [-0.2, 0) is 5.41 Å². The average Bonchev–Trinajstić information content (AvgIpc) is 3.98. The van der Waals surface area contributed by atoms with Gasteiger partial charge in [-0.25, -0.2) is 0 Å². The van der Waals surface area contributed by atoms with E-state index in [-0.39, 0.29) is 5.41 Å². The number of para-hydroxylation sites is 2. The van der Waals surface area contributed by atoms with Crippen molar-refractivity contribution in [3.05, 3.63) is 216 Å². The molecular formula is C55H38N2. The number of aromatic nitrogens is 2. The monoisotopic (exact) mass is 726 g/mol. The van der Waals surface area contributed by atoms with Crippen molar-refractivity contribution in [2.45, 2.75) is 30.7 Å². The molecule has 4 aliphatic rings. The maximum absolute atomic E-state index is 2.53. The summed E-state index contributed by atoms with van der Waals surface area (Å²) in [5.41, 5.74) is 19.7. The second kappa shape index (κ2) is 11.6. The fourth-order valence-electron chi connectivity index (χ4n) is 11.3. The molecule has 0 saturated carbocycles. The minimum atomic E-state index is -0.295. The van der Waals surface area contributed by atoms with Crippen LogP contribution in [0.25, 0.3) is 77.1 Å². The van der Waals surface area contributed by atoms with E-state index in [0.29, 0.717) is 6.04 Å². The fourth-order valence-corrected chi connectivity index (χ4v) is 11.3. The van der Waals surface area contributed by atoms with Crippen molar-refractivity contribution in [1.82, 2.24) is 9.13 Å². The zero-order valence-corrected chi connectivity index (χ0v) is 31.5. The third-order valence-corrected chi connectivity index (χ3v) is 13.5. The number of fused-ring (bicyclic) bond motifs is 15. The molecule has 268 valence electrons. The predicted octanol–water partition coefficient (Wildman–Crippen LogP) is 14.0. The predicted molar refractivity (Wildman–Crippen MR) is 238 cm³/mol. The highest BCUT2D eigenvalue weighted by Gasteiger charge is 2.52. The highest BCUT2D eigenvalue weighted by atomic mass is 15.0. The smallest absolute Gasteiger partial charge is 0.0689 e. The number of rotatable bonds is 3. The molecule has 0 radical (unpaired) electrons. The topological polar surface area (TPSA) is 9.86 Å². The Morgan fingerprint density at radius 2 is 1.12 bits per heavy atom. The summed E-state index contributed by atoms with van der Waals surface area (Å²) in [7, 11) is 0. The van der Waals surface area contributed by atoms with E-state index in [0.717, 1.165) is 19.3 Å². The van der Waals surface area contributed by atoms with Crippen molar-refractivity contribution in [1.29, 1.82) is 0 Å². The Hall–Kier alpha value is -6.90. The molecule has 4 aliphatic carbocycles. The highest BCUT2D eigenvalue weighted by Crippen LogP contribution is 2.63. The van der Waals surface area contributed by atoms with Gasteiger partial charge in [-0.3, -0.25) is 0 Å². The maximum atomic E-state index is 2.53. The van der Waals surface area contributed by atoms with Crippen molar-refractivity contribution in [3.8, 4) is 27.9 Å². The van der Waals surface area contributed by atoms with Crippen molar-refractivity contribution in [3.63, 3.8) is 0 Å². The molecule has 0 fully saturated rings. The summed E-state index contributed by atoms with van der Waals surface area (Å²) in [6, 6.07) is 58.0. The number of hydrogen-bond donors (Lipinski definition) is 0. The Morgan fingerprint density at radius 1 is 0.491 bits per heavy atom. The van der Waals surface area contributed by atoms with Gasteiger partial charge in [-0.2, -0.15) is 0 Å². The molecule has 0 saturated heterocycles. The Kier molecular flexibility index (Phi) is 6.36. The fraction of sp³-hybridized carbons (Fsp3) is 0.0909. The first kappa shape index (κ1) is 31.3. The minimum absolute atomic E-state index is 0.295. The number of nitrogens with zero attached hydrogens (tertiary/aromatic N) is 2. The normalized spacial score (nSPS) is 19.0. The van der Waals surface area contributed by atoms with Crippen LogP contribution in [0.2, 0.25) is 0 Å². The molecule has 1 spiro atoms. The first-order valence-electron chi connectivity index (χ1n) is 20.4. The summed E-state index contributed by atoms with van der Waals surface area (Å²) in [6.45, 7) is 0. The van der Waals surface area contributed by atoms with Crippen LogP contribution in [-0.4, -0.2) is 9.13 Å². The SMILES string of the molecule is C1=CCC(n2c3ccccc3c3cc(-c4ccc5c(c4)c4ccccc4n5-c4ccc5c(c4)C4(C6=C(C=CCC6)c6ccccc64)c4ccccc4-5)ccc32)C=C1. The number of allylic oxidation sites excluding steroid dienone is 8. The second-order valence-corrected chi connectivity index (χ2v) is 16.2. The lowest BCUT2D eigenvalue weighted by Gasteiger charge is -2.33. The molecule has 2 unspecified atom stereocenters. The van der Waals surface area contributed by atoms with E-state index in [1.807, 2.05) is 0 Å². The number of hydrogen-bond acceptors (Lipinski definition) is 0. The lowest BCUT2D eigenvalue weighted by Crippen LogP contribution is -2.28. The molecule has 0 aliphatic heterocycles. The van der Waals surface area contributed by atoms with E-state index in [2.05, 4.69) is 197 Å². The van der Waals surface area contributed by atoms with Crippen molar-refractivity contribution < 1.29 is 0 Å². The van der Waals surface area contributed by atoms with Crippen LogP contribution in [0.4, 0.5) is 0 Å². The molecule has 13 rings (SSSR count). The van der Waals surface area contributed by atoms with Gasteiger partial charge in [0.1, 0.15) is 0 Å². The van der Waals surface area contributed by atoms with E-state index in [4.69, 9.17) is 0 Å². The highest BCUT2D eigenvalue weighted by molar-refractivity contribution is 6.12. The third kappa shape index (κ3) is 4.09. The van der Waals surface area contributed by atoms with Gasteiger partial charge in [-0.15, -0.1) is 0 Å². The van der Waals surface area contributed by atoms with Crippen LogP contribution in [0.5, 0.6) is 0 Å². The van der Waals surface area contributed by atoms with E-state index in [1.54, 1.807) is 5.57 Å². The van der Waals surface area contributed by atoms with Gasteiger partial charge in [0.15, 0.2) is 0 Å². The standard InChI is InChI=1S/C55H38N2/c1-2-14-37(15-3-1)56-51-24-12-7-19-43(51)45-32-35(26-30-53(45)56)36-27-31-54-46(33-36)44-20-8-13-25-52(44)57(54)38-28-29-42-41-18-6-11-23-49(41)55(50(42)34-38)47-21-9-4-16-39(47)40-17-5-10-22-48(40)55/h1-9,11-14,16-21,23-34,37H,10,15,22H2. The van der Waals surface area contributed by atoms with E-state index >= 15 is 0 Å². The summed E-state index contributed by atoms with van der Waals surface area (Å²) in [6.07, 6.45) is 16.9. The van der Waals surface area contributed by atoms with Gasteiger partial charge < -0.3 is 9.13 Å². The van der Waals surface area contributed by atoms with Crippen molar-refractivity contribution in [2.75, 3.05) is 0 Å². The van der Waals surface area contributed by atoms with E-state index in [9.17, 15) is 0 Å². The molecule has 2 nitrogen and oxygen atoms in total. The van der Waals surface area contributed by atoms with E-state index < -0.39 is 0 Å². The molecule has 7 aromatic carbocycles. The van der Waals surface area contributed by atoms with Gasteiger partial charge in [-0.1, -0.05) is 140 Å². The summed E-state index contributed by atoms with van der Waals surface area (Å²) in [4.78, 5) is 0. The Morgan fingerprint density at radius 3 is 1.93 bits per heavy atom. The molecule has 0 N–H and O–H groups in total. The van der Waals surface area contributed by atoms with Crippen LogP contribution in [0, 0.1) is 0 Å². The van der Waals surface area contributed by atoms with Gasteiger partial charge in [-0.05, 0) is 123 Å². The lowest BCUT2D eigenvalue weighted by atomic mass is 9.68. The Bertz CT molecular complexity index is 3340. The minimum Gasteiger partial charge on any atom is -0.333 e. The van der Waals surface area contributed by atoms with Crippen LogP contribution in [0.1, 0.15) is 47.6 Å². The molecular weight excluding hydrogens is 689 g/mol. The summed E-state index contributed by atoms with van der Waals surface area (Å²) >= 11 is 0. The molecule has 0 bridgehead atoms. The van der Waals surface area contributed by atoms with Crippen LogP contribution in [0.3, 0.4) is 0 Å². The average molecular weight is 727 g/mol. The molecule has 57 heavy (non-hydrogen) atoms. The molecule has 9 aromatic rings. The van der Waals surface area contributed by atoms with Gasteiger partial charge >= 0.3 is 0 Å². The van der Waals surface area contributed by atoms with Gasteiger partial charge in [0.25, 0.3) is 0 Å². The quantitative estimate of drug-likeness (QED) is 0.172. The van der Waals surface area contributed by atoms with Crippen molar-refractivity contribution >= 4 is 49.2 Å². The summed E-state index contributed by atoms with van der Waals surface area (Å²) in [5, 5.41) is 5.17. The van der Waals surface area contributed by atoms with Gasteiger partial charge in [0.05, 0.1) is 22.5 Å². The first-order valence-corrected chi connectivity index (χ1v) is 20.4. The molecule has 2 heterocycles. The Balaban J connectivity index is 1.00.